The molecule has 348 valence electrons. The predicted octanol–water partition coefficient (Wildman–Crippen LogP) is 1.06. The predicted molar refractivity (Wildman–Crippen MR) is 210 cm³/mol. The molecular formula is C42H66O18S. The van der Waals surface area contributed by atoms with Crippen LogP contribution in [-0.4, -0.2) is 146 Å². The molecule has 0 aromatic rings. The Balaban J connectivity index is 1.21. The smallest absolute Gasteiger partial charge is 0.397 e. The van der Waals surface area contributed by atoms with E-state index in [0.29, 0.717) is 44.9 Å². The van der Waals surface area contributed by atoms with Gasteiger partial charge in [-0.15, -0.1) is 0 Å². The Morgan fingerprint density at radius 1 is 0.803 bits per heavy atom. The minimum atomic E-state index is -4.93. The topological polar surface area (TPSA) is 296 Å². The second-order valence-corrected chi connectivity index (χ2v) is 21.6. The lowest BCUT2D eigenvalue weighted by Gasteiger charge is -2.71. The number of carbonyl (C=O) groups is 2. The molecule has 2 saturated heterocycles. The molecule has 7 rings (SSSR count). The van der Waals surface area contributed by atoms with E-state index in [1.807, 2.05) is 0 Å². The van der Waals surface area contributed by atoms with Crippen LogP contribution in [0.2, 0.25) is 0 Å². The Morgan fingerprint density at radius 2 is 1.46 bits per heavy atom. The normalized spacial score (nSPS) is 52.4. The molecular weight excluding hydrogens is 825 g/mol. The van der Waals surface area contributed by atoms with Crippen molar-refractivity contribution in [3.8, 4) is 0 Å². The van der Waals surface area contributed by atoms with Gasteiger partial charge in [0.05, 0.1) is 24.7 Å². The average Bonchev–Trinajstić information content (AvgIpc) is 3.19. The number of fused-ring (bicyclic) bond motifs is 7. The lowest BCUT2D eigenvalue weighted by Crippen LogP contribution is -2.67. The Labute approximate surface area is 356 Å². The van der Waals surface area contributed by atoms with Gasteiger partial charge >= 0.3 is 22.3 Å². The number of hydrogen-bond donors (Lipinski definition) is 9. The number of carboxylic acid groups (broad SMARTS) is 1. The largest absolute Gasteiger partial charge is 0.479 e. The summed E-state index contributed by atoms with van der Waals surface area (Å²) < 4.78 is 62.5. The van der Waals surface area contributed by atoms with Gasteiger partial charge in [-0.25, -0.2) is 8.98 Å². The highest BCUT2D eigenvalue weighted by molar-refractivity contribution is 7.80. The molecule has 19 heteroatoms. The first-order chi connectivity index (χ1) is 28.3. The van der Waals surface area contributed by atoms with Gasteiger partial charge in [-0.2, -0.15) is 8.42 Å². The highest BCUT2D eigenvalue weighted by Gasteiger charge is 2.71. The van der Waals surface area contributed by atoms with Gasteiger partial charge < -0.3 is 59.8 Å². The molecule has 0 aromatic heterocycles. The number of aliphatic hydroxyl groups excluding tert-OH is 7. The highest BCUT2D eigenvalue weighted by Crippen LogP contribution is 2.76. The second kappa shape index (κ2) is 16.2. The van der Waals surface area contributed by atoms with Crippen molar-refractivity contribution in [2.75, 3.05) is 13.2 Å². The third-order valence-corrected chi connectivity index (χ3v) is 18.3. The van der Waals surface area contributed by atoms with Gasteiger partial charge in [0.2, 0.25) is 6.29 Å². The van der Waals surface area contributed by atoms with E-state index in [0.717, 1.165) is 6.42 Å². The molecule has 21 atom stereocenters. The van der Waals surface area contributed by atoms with Crippen molar-refractivity contribution in [1.29, 1.82) is 0 Å². The number of allylic oxidation sites excluding steroid dienone is 2. The maximum Gasteiger partial charge on any atom is 0.397 e. The molecule has 2 aliphatic heterocycles. The van der Waals surface area contributed by atoms with Crippen LogP contribution in [-0.2, 0) is 43.1 Å². The molecule has 7 aliphatic rings. The first kappa shape index (κ1) is 47.1. The maximum atomic E-state index is 14.7. The van der Waals surface area contributed by atoms with Crippen LogP contribution >= 0.6 is 0 Å². The molecule has 18 nitrogen and oxygen atoms in total. The van der Waals surface area contributed by atoms with Crippen LogP contribution in [0.3, 0.4) is 0 Å². The van der Waals surface area contributed by atoms with Crippen molar-refractivity contribution in [2.24, 2.45) is 56.7 Å². The molecule has 2 heterocycles. The van der Waals surface area contributed by atoms with E-state index >= 15 is 0 Å². The second-order valence-electron chi connectivity index (χ2n) is 20.5. The number of aliphatic carboxylic acids is 1. The zero-order valence-corrected chi connectivity index (χ0v) is 36.5. The highest BCUT2D eigenvalue weighted by atomic mass is 32.3. The molecule has 2 unspecified atom stereocenters. The molecule has 6 fully saturated rings. The molecule has 0 radical (unpaired) electrons. The number of esters is 1. The van der Waals surface area contributed by atoms with E-state index in [9.17, 15) is 63.4 Å². The monoisotopic (exact) mass is 890 g/mol. The molecule has 0 amide bonds. The minimum absolute atomic E-state index is 0.0216. The third kappa shape index (κ3) is 7.33. The van der Waals surface area contributed by atoms with E-state index in [1.54, 1.807) is 6.92 Å². The summed E-state index contributed by atoms with van der Waals surface area (Å²) in [7, 11) is -4.93. The number of carbonyl (C=O) groups excluding carboxylic acids is 1. The Kier molecular flexibility index (Phi) is 12.5. The molecule has 4 saturated carbocycles. The van der Waals surface area contributed by atoms with Crippen LogP contribution in [0.1, 0.15) is 99.3 Å². The van der Waals surface area contributed by atoms with Crippen molar-refractivity contribution in [2.45, 2.75) is 167 Å². The van der Waals surface area contributed by atoms with Crippen LogP contribution in [0.4, 0.5) is 0 Å². The van der Waals surface area contributed by atoms with Gasteiger partial charge in [-0.1, -0.05) is 53.2 Å². The van der Waals surface area contributed by atoms with E-state index in [4.69, 9.17) is 23.1 Å². The van der Waals surface area contributed by atoms with Gasteiger partial charge in [-0.05, 0) is 104 Å². The minimum Gasteiger partial charge on any atom is -0.479 e. The standard InChI is InChI=1S/C42H66O18S/c1-19-9-14-42(37(52)60-35-31(48)28(45)27(44)22(17-43)57-35)16-15-40(5)21(26(42)20(19)2)7-8-24-38(3)12-11-25(58-36-32(49)29(46)30(47)33(59-36)34(50)51)39(4,18-56-61(53,54)55)23(38)10-13-41(24,40)6/h7,19-20,22-33,35-36,43-49H,8-18H2,1-6H3,(H,50,51)(H,53,54,55)/t19-,20+,22-,23?,24?,25+,26+,27-,28+,29+,30+,31-,32-,33+,35+,36-,38+,39+,40-,41-,42+/m1/s1. The van der Waals surface area contributed by atoms with Gasteiger partial charge in [0.1, 0.15) is 42.7 Å². The zero-order valence-electron chi connectivity index (χ0n) is 35.7. The summed E-state index contributed by atoms with van der Waals surface area (Å²) >= 11 is 0. The average molecular weight is 891 g/mol. The molecule has 9 N–H and O–H groups in total. The quantitative estimate of drug-likeness (QED) is 0.0677. The van der Waals surface area contributed by atoms with Crippen LogP contribution < -0.4 is 0 Å². The Morgan fingerprint density at radius 3 is 2.10 bits per heavy atom. The van der Waals surface area contributed by atoms with Crippen molar-refractivity contribution < 1.29 is 86.5 Å². The first-order valence-corrected chi connectivity index (χ1v) is 23.1. The lowest BCUT2D eigenvalue weighted by atomic mass is 9.33. The summed E-state index contributed by atoms with van der Waals surface area (Å²) in [4.78, 5) is 26.6. The summed E-state index contributed by atoms with van der Waals surface area (Å²) in [6.45, 7) is 11.7. The summed E-state index contributed by atoms with van der Waals surface area (Å²) in [6.07, 6.45) is -10.7. The summed E-state index contributed by atoms with van der Waals surface area (Å²) in [5.41, 5.74) is -2.20. The van der Waals surface area contributed by atoms with Gasteiger partial charge in [0.15, 0.2) is 12.4 Å². The van der Waals surface area contributed by atoms with Gasteiger partial charge in [-0.3, -0.25) is 9.35 Å². The fourth-order valence-corrected chi connectivity index (χ4v) is 14.4. The summed E-state index contributed by atoms with van der Waals surface area (Å²) in [5.74, 6) is -2.32. The van der Waals surface area contributed by atoms with Gasteiger partial charge in [0, 0.05) is 5.41 Å². The molecule has 61 heavy (non-hydrogen) atoms. The van der Waals surface area contributed by atoms with Crippen molar-refractivity contribution in [1.82, 2.24) is 0 Å². The third-order valence-electron chi connectivity index (χ3n) is 17.8. The molecule has 0 spiro atoms. The number of ether oxygens (including phenoxy) is 4. The number of aliphatic hydroxyl groups is 7. The number of carboxylic acids is 1. The summed E-state index contributed by atoms with van der Waals surface area (Å²) in [6, 6.07) is 0. The van der Waals surface area contributed by atoms with Crippen molar-refractivity contribution in [3.63, 3.8) is 0 Å². The number of hydrogen-bond acceptors (Lipinski definition) is 16. The maximum absolute atomic E-state index is 14.7. The number of rotatable bonds is 9. The molecule has 5 aliphatic carbocycles. The zero-order chi connectivity index (χ0) is 45.0. The van der Waals surface area contributed by atoms with Crippen LogP contribution in [0.5, 0.6) is 0 Å². The summed E-state index contributed by atoms with van der Waals surface area (Å²) in [5, 5.41) is 82.8. The van der Waals surface area contributed by atoms with Crippen molar-refractivity contribution in [3.05, 3.63) is 11.6 Å². The van der Waals surface area contributed by atoms with E-state index in [1.165, 1.54) is 5.57 Å². The van der Waals surface area contributed by atoms with Crippen LogP contribution in [0.15, 0.2) is 11.6 Å². The Hall–Kier alpha value is -1.85. The van der Waals surface area contributed by atoms with Gasteiger partial charge in [0.25, 0.3) is 0 Å². The fourth-order valence-electron chi connectivity index (χ4n) is 14.0. The van der Waals surface area contributed by atoms with Crippen LogP contribution in [0.25, 0.3) is 0 Å². The van der Waals surface area contributed by atoms with E-state index < -0.39 is 125 Å². The first-order valence-electron chi connectivity index (χ1n) is 21.7. The molecule has 0 aromatic carbocycles. The molecule has 0 bridgehead atoms. The van der Waals surface area contributed by atoms with E-state index in [2.05, 4.69) is 40.7 Å². The van der Waals surface area contributed by atoms with Crippen molar-refractivity contribution >= 4 is 22.3 Å². The van der Waals surface area contributed by atoms with Crippen LogP contribution in [0, 0.1) is 56.7 Å². The lowest BCUT2D eigenvalue weighted by molar-refractivity contribution is -0.327. The SMILES string of the molecule is C[C@H]1[C@H](C)CC[C@]2(C(=O)O[C@@H]3O[C@H](CO)[C@@H](O)[C@H](O)[C@H]3O)CC[C@]3(C)C(=CCC4[C@@]5(C)CC[C@H](O[C@@H]6O[C@H](C(=O)O)[C@@H](O)[C@H](O)[C@H]6O)[C@@](C)(COS(=O)(=O)O)C5CC[C@]43C)[C@H]12. The Bertz CT molecular complexity index is 1830. The fraction of sp³-hybridized carbons (Fsp3) is 0.905. The van der Waals surface area contributed by atoms with E-state index in [-0.39, 0.29) is 41.4 Å².